The normalized spacial score (nSPS) is 9.75. The van der Waals surface area contributed by atoms with Crippen LogP contribution in [-0.2, 0) is 0 Å². The van der Waals surface area contributed by atoms with Crippen molar-refractivity contribution in [3.05, 3.63) is 77.9 Å². The van der Waals surface area contributed by atoms with E-state index < -0.39 is 0 Å². The number of nitriles is 2. The monoisotopic (exact) mass is 311 g/mol. The summed E-state index contributed by atoms with van der Waals surface area (Å²) in [5, 5.41) is 18.8. The van der Waals surface area contributed by atoms with E-state index in [2.05, 4.69) is 6.07 Å². The van der Waals surface area contributed by atoms with Gasteiger partial charge < -0.3 is 10.5 Å². The molecular weight excluding hydrogens is 298 g/mol. The fourth-order valence-corrected chi connectivity index (χ4v) is 2.43. The molecule has 0 saturated carbocycles. The van der Waals surface area contributed by atoms with Gasteiger partial charge in [-0.25, -0.2) is 0 Å². The predicted molar refractivity (Wildman–Crippen MR) is 92.2 cm³/mol. The van der Waals surface area contributed by atoms with Gasteiger partial charge in [0.1, 0.15) is 23.5 Å². The van der Waals surface area contributed by atoms with Crippen LogP contribution in [0.1, 0.15) is 11.1 Å². The SMILES string of the molecule is N#Cc1ccc(-c2cccc(N)c2)c(Oc2ccccc2)c1C#N. The standard InChI is InChI=1S/C20H13N3O/c21-12-15-9-10-18(14-5-4-6-16(23)11-14)20(19(15)13-22)24-17-7-2-1-3-8-17/h1-11H,23H2. The second-order valence-electron chi connectivity index (χ2n) is 5.13. The van der Waals surface area contributed by atoms with Gasteiger partial charge in [0, 0.05) is 11.3 Å². The average molecular weight is 311 g/mol. The smallest absolute Gasteiger partial charge is 0.154 e. The molecule has 4 nitrogen and oxygen atoms in total. The van der Waals surface area contributed by atoms with Gasteiger partial charge in [0.25, 0.3) is 0 Å². The van der Waals surface area contributed by atoms with Crippen molar-refractivity contribution in [3.63, 3.8) is 0 Å². The Morgan fingerprint density at radius 3 is 2.29 bits per heavy atom. The molecule has 4 heteroatoms. The maximum absolute atomic E-state index is 9.53. The van der Waals surface area contributed by atoms with Crippen molar-refractivity contribution in [1.29, 1.82) is 10.5 Å². The number of ether oxygens (including phenoxy) is 1. The lowest BCUT2D eigenvalue weighted by Gasteiger charge is -2.14. The molecule has 0 saturated heterocycles. The van der Waals surface area contributed by atoms with E-state index in [0.29, 0.717) is 22.7 Å². The Kier molecular flexibility index (Phi) is 4.14. The number of anilines is 1. The number of nitrogen functional groups attached to an aromatic ring is 1. The number of benzene rings is 3. The van der Waals surface area contributed by atoms with Crippen molar-refractivity contribution in [1.82, 2.24) is 0 Å². The molecule has 0 heterocycles. The zero-order valence-corrected chi connectivity index (χ0v) is 12.7. The first kappa shape index (κ1) is 15.1. The molecule has 0 unspecified atom stereocenters. The Balaban J connectivity index is 2.22. The molecule has 0 atom stereocenters. The third-order valence-corrected chi connectivity index (χ3v) is 3.55. The van der Waals surface area contributed by atoms with Crippen LogP contribution in [0.4, 0.5) is 5.69 Å². The molecule has 0 bridgehead atoms. The molecule has 2 N–H and O–H groups in total. The Hall–Kier alpha value is -3.76. The second-order valence-corrected chi connectivity index (χ2v) is 5.13. The fourth-order valence-electron chi connectivity index (χ4n) is 2.43. The number of nitrogens with zero attached hydrogens (tertiary/aromatic N) is 2. The average Bonchev–Trinajstić information content (AvgIpc) is 2.62. The van der Waals surface area contributed by atoms with Crippen molar-refractivity contribution in [2.75, 3.05) is 5.73 Å². The van der Waals surface area contributed by atoms with Crippen LogP contribution >= 0.6 is 0 Å². The maximum Gasteiger partial charge on any atom is 0.154 e. The summed E-state index contributed by atoms with van der Waals surface area (Å²) in [6, 6.07) is 24.0. The van der Waals surface area contributed by atoms with E-state index in [1.54, 1.807) is 36.4 Å². The van der Waals surface area contributed by atoms with Crippen LogP contribution in [0.5, 0.6) is 11.5 Å². The third kappa shape index (κ3) is 2.90. The first-order valence-corrected chi connectivity index (χ1v) is 7.29. The van der Waals surface area contributed by atoms with Gasteiger partial charge in [0.15, 0.2) is 5.75 Å². The van der Waals surface area contributed by atoms with Gasteiger partial charge in [0.05, 0.1) is 5.56 Å². The Morgan fingerprint density at radius 2 is 1.62 bits per heavy atom. The summed E-state index contributed by atoms with van der Waals surface area (Å²) in [7, 11) is 0. The van der Waals surface area contributed by atoms with Gasteiger partial charge in [0.2, 0.25) is 0 Å². The molecule has 0 aliphatic carbocycles. The molecule has 3 aromatic rings. The van der Waals surface area contributed by atoms with E-state index in [1.165, 1.54) is 0 Å². The zero-order chi connectivity index (χ0) is 16.9. The molecule has 24 heavy (non-hydrogen) atoms. The highest BCUT2D eigenvalue weighted by atomic mass is 16.5. The lowest BCUT2D eigenvalue weighted by Crippen LogP contribution is -1.96. The number of hydrogen-bond donors (Lipinski definition) is 1. The summed E-state index contributed by atoms with van der Waals surface area (Å²) in [6.45, 7) is 0. The topological polar surface area (TPSA) is 82.8 Å². The molecule has 0 fully saturated rings. The van der Waals surface area contributed by atoms with Crippen LogP contribution in [0.2, 0.25) is 0 Å². The molecule has 0 aromatic heterocycles. The van der Waals surface area contributed by atoms with Crippen LogP contribution in [0.3, 0.4) is 0 Å². The van der Waals surface area contributed by atoms with Crippen molar-refractivity contribution < 1.29 is 4.74 Å². The van der Waals surface area contributed by atoms with E-state index in [0.717, 1.165) is 5.56 Å². The minimum absolute atomic E-state index is 0.210. The summed E-state index contributed by atoms with van der Waals surface area (Å²) in [5.41, 5.74) is 8.49. The molecular formula is C20H13N3O. The Morgan fingerprint density at radius 1 is 0.833 bits per heavy atom. The summed E-state index contributed by atoms with van der Waals surface area (Å²) < 4.78 is 5.95. The van der Waals surface area contributed by atoms with Crippen molar-refractivity contribution >= 4 is 5.69 Å². The molecule has 3 aromatic carbocycles. The molecule has 0 radical (unpaired) electrons. The summed E-state index contributed by atoms with van der Waals surface area (Å²) in [5.74, 6) is 0.947. The van der Waals surface area contributed by atoms with Gasteiger partial charge >= 0.3 is 0 Å². The fraction of sp³-hybridized carbons (Fsp3) is 0. The first-order valence-electron chi connectivity index (χ1n) is 7.29. The molecule has 114 valence electrons. The number of hydrogen-bond acceptors (Lipinski definition) is 4. The third-order valence-electron chi connectivity index (χ3n) is 3.55. The number of nitrogens with two attached hydrogens (primary N) is 1. The largest absolute Gasteiger partial charge is 0.455 e. The Bertz CT molecular complexity index is 966. The molecule has 0 spiro atoms. The lowest BCUT2D eigenvalue weighted by molar-refractivity contribution is 0.483. The van der Waals surface area contributed by atoms with Crippen LogP contribution in [0.25, 0.3) is 11.1 Å². The van der Waals surface area contributed by atoms with Crippen LogP contribution < -0.4 is 10.5 Å². The quantitative estimate of drug-likeness (QED) is 0.723. The highest BCUT2D eigenvalue weighted by Gasteiger charge is 2.17. The minimum Gasteiger partial charge on any atom is -0.455 e. The van der Waals surface area contributed by atoms with Crippen molar-refractivity contribution in [2.24, 2.45) is 0 Å². The number of rotatable bonds is 3. The summed E-state index contributed by atoms with van der Waals surface area (Å²) >= 11 is 0. The highest BCUT2D eigenvalue weighted by molar-refractivity contribution is 5.78. The van der Waals surface area contributed by atoms with Crippen LogP contribution in [0, 0.1) is 22.7 Å². The Labute approximate surface area is 140 Å². The maximum atomic E-state index is 9.53. The second kappa shape index (κ2) is 6.56. The first-order chi connectivity index (χ1) is 11.7. The predicted octanol–water partition coefficient (Wildman–Crippen LogP) is 4.47. The molecule has 0 aliphatic rings. The highest BCUT2D eigenvalue weighted by Crippen LogP contribution is 2.38. The van der Waals surface area contributed by atoms with E-state index in [9.17, 15) is 10.5 Å². The van der Waals surface area contributed by atoms with Gasteiger partial charge in [-0.2, -0.15) is 10.5 Å². The summed E-state index contributed by atoms with van der Waals surface area (Å²) in [4.78, 5) is 0. The minimum atomic E-state index is 0.210. The van der Waals surface area contributed by atoms with E-state index in [4.69, 9.17) is 10.5 Å². The lowest BCUT2D eigenvalue weighted by atomic mass is 9.98. The van der Waals surface area contributed by atoms with E-state index in [-0.39, 0.29) is 11.1 Å². The van der Waals surface area contributed by atoms with Gasteiger partial charge in [-0.15, -0.1) is 0 Å². The zero-order valence-electron chi connectivity index (χ0n) is 12.7. The van der Waals surface area contributed by atoms with E-state index >= 15 is 0 Å². The van der Waals surface area contributed by atoms with E-state index in [1.807, 2.05) is 36.4 Å². The number of para-hydroxylation sites is 1. The van der Waals surface area contributed by atoms with Gasteiger partial charge in [-0.3, -0.25) is 0 Å². The van der Waals surface area contributed by atoms with Gasteiger partial charge in [-0.05, 0) is 42.0 Å². The molecule has 0 amide bonds. The van der Waals surface area contributed by atoms with Gasteiger partial charge in [-0.1, -0.05) is 30.3 Å². The molecule has 3 rings (SSSR count). The van der Waals surface area contributed by atoms with Crippen molar-refractivity contribution in [3.8, 4) is 34.8 Å². The van der Waals surface area contributed by atoms with Crippen LogP contribution in [-0.4, -0.2) is 0 Å². The van der Waals surface area contributed by atoms with Crippen molar-refractivity contribution in [2.45, 2.75) is 0 Å². The summed E-state index contributed by atoms with van der Waals surface area (Å²) in [6.07, 6.45) is 0. The van der Waals surface area contributed by atoms with Crippen LogP contribution in [0.15, 0.2) is 66.7 Å². The molecule has 0 aliphatic heterocycles.